The molecule has 0 radical (unpaired) electrons. The van der Waals surface area contributed by atoms with E-state index >= 15 is 0 Å². The zero-order valence-corrected chi connectivity index (χ0v) is 13.4. The number of nitrogens with one attached hydrogen (secondary N) is 1. The number of hydrogen-bond donors (Lipinski definition) is 1. The molecule has 1 aromatic heterocycles. The van der Waals surface area contributed by atoms with Gasteiger partial charge in [-0.3, -0.25) is 0 Å². The lowest BCUT2D eigenvalue weighted by atomic mass is 10.2. The Kier molecular flexibility index (Phi) is 5.61. The average Bonchev–Trinajstić information content (AvgIpc) is 2.46. The molecule has 4 nitrogen and oxygen atoms in total. The predicted molar refractivity (Wildman–Crippen MR) is 84.3 cm³/mol. The van der Waals surface area contributed by atoms with Crippen LogP contribution in [0.3, 0.4) is 0 Å². The fraction of sp³-hybridized carbons (Fsp3) is 0.286. The molecule has 1 N–H and O–H groups in total. The first-order valence-corrected chi connectivity index (χ1v) is 7.50. The molecule has 0 unspecified atom stereocenters. The molecule has 2 rings (SSSR count). The van der Waals surface area contributed by atoms with E-state index in [0.717, 1.165) is 23.0 Å². The van der Waals surface area contributed by atoms with Crippen LogP contribution in [0.2, 0.25) is 5.02 Å². The molecule has 1 aromatic carbocycles. The van der Waals surface area contributed by atoms with Crippen molar-refractivity contribution in [2.75, 3.05) is 11.9 Å². The van der Waals surface area contributed by atoms with E-state index in [0.29, 0.717) is 23.5 Å². The number of hydrogen-bond acceptors (Lipinski definition) is 4. The first-order valence-electron chi connectivity index (χ1n) is 6.32. The molecular weight excluding hydrogens is 342 g/mol. The zero-order chi connectivity index (χ0) is 14.4. The number of benzene rings is 1. The topological polar surface area (TPSA) is 47.0 Å². The summed E-state index contributed by atoms with van der Waals surface area (Å²) in [5.74, 6) is 0.922. The van der Waals surface area contributed by atoms with Gasteiger partial charge in [-0.25, -0.2) is 4.98 Å². The van der Waals surface area contributed by atoms with Crippen LogP contribution in [0.25, 0.3) is 0 Å². The maximum Gasteiger partial charge on any atom is 0.237 e. The normalized spacial score (nSPS) is 10.3. The summed E-state index contributed by atoms with van der Waals surface area (Å²) in [6, 6.07) is 7.90. The maximum atomic E-state index is 6.04. The SMILES string of the molecule is CCCNc1ncc(Cl)c(OCc2ccc(Br)cc2)n1. The smallest absolute Gasteiger partial charge is 0.237 e. The highest BCUT2D eigenvalue weighted by atomic mass is 79.9. The Bertz CT molecular complexity index is 563. The van der Waals surface area contributed by atoms with Crippen LogP contribution in [-0.2, 0) is 6.61 Å². The van der Waals surface area contributed by atoms with Gasteiger partial charge < -0.3 is 10.1 Å². The summed E-state index contributed by atoms with van der Waals surface area (Å²) in [5, 5.41) is 3.51. The van der Waals surface area contributed by atoms with Gasteiger partial charge in [-0.2, -0.15) is 4.98 Å². The fourth-order valence-electron chi connectivity index (χ4n) is 1.51. The largest absolute Gasteiger partial charge is 0.472 e. The van der Waals surface area contributed by atoms with E-state index < -0.39 is 0 Å². The Balaban J connectivity index is 2.02. The molecule has 2 aromatic rings. The molecule has 0 aliphatic rings. The van der Waals surface area contributed by atoms with Crippen LogP contribution in [0.5, 0.6) is 5.88 Å². The standard InChI is InChI=1S/C14H15BrClN3O/c1-2-7-17-14-18-8-12(16)13(19-14)20-9-10-3-5-11(15)6-4-10/h3-6,8H,2,7,9H2,1H3,(H,17,18,19). The van der Waals surface area contributed by atoms with E-state index in [2.05, 4.69) is 38.1 Å². The number of ether oxygens (including phenoxy) is 1. The lowest BCUT2D eigenvalue weighted by Gasteiger charge is -2.09. The van der Waals surface area contributed by atoms with Gasteiger partial charge >= 0.3 is 0 Å². The Labute approximate surface area is 131 Å². The number of rotatable bonds is 6. The van der Waals surface area contributed by atoms with Crippen molar-refractivity contribution in [2.45, 2.75) is 20.0 Å². The molecule has 0 aliphatic heterocycles. The van der Waals surface area contributed by atoms with Gasteiger partial charge in [0, 0.05) is 11.0 Å². The van der Waals surface area contributed by atoms with Gasteiger partial charge in [0.05, 0.1) is 6.20 Å². The quantitative estimate of drug-likeness (QED) is 0.838. The van der Waals surface area contributed by atoms with Gasteiger partial charge in [-0.15, -0.1) is 0 Å². The number of halogens is 2. The van der Waals surface area contributed by atoms with Gasteiger partial charge in [-0.1, -0.05) is 46.6 Å². The van der Waals surface area contributed by atoms with Gasteiger partial charge in [0.2, 0.25) is 11.8 Å². The van der Waals surface area contributed by atoms with Crippen LogP contribution in [0.4, 0.5) is 5.95 Å². The predicted octanol–water partition coefficient (Wildman–Crippen LogP) is 4.29. The van der Waals surface area contributed by atoms with Crippen molar-refractivity contribution in [1.29, 1.82) is 0 Å². The van der Waals surface area contributed by atoms with Crippen LogP contribution >= 0.6 is 27.5 Å². The van der Waals surface area contributed by atoms with E-state index in [1.54, 1.807) is 6.20 Å². The Hall–Kier alpha value is -1.33. The van der Waals surface area contributed by atoms with E-state index in [1.165, 1.54) is 0 Å². The van der Waals surface area contributed by atoms with Gasteiger partial charge in [-0.05, 0) is 24.1 Å². The number of anilines is 1. The molecule has 0 saturated heterocycles. The molecule has 0 fully saturated rings. The molecule has 6 heteroatoms. The Morgan fingerprint density at radius 1 is 1.30 bits per heavy atom. The molecule has 20 heavy (non-hydrogen) atoms. The van der Waals surface area contributed by atoms with Crippen molar-refractivity contribution < 1.29 is 4.74 Å². The van der Waals surface area contributed by atoms with Crippen LogP contribution < -0.4 is 10.1 Å². The Morgan fingerprint density at radius 3 is 2.75 bits per heavy atom. The molecule has 1 heterocycles. The van der Waals surface area contributed by atoms with Crippen molar-refractivity contribution >= 4 is 33.5 Å². The van der Waals surface area contributed by atoms with Gasteiger partial charge in [0.15, 0.2) is 0 Å². The van der Waals surface area contributed by atoms with E-state index in [9.17, 15) is 0 Å². The van der Waals surface area contributed by atoms with Crippen LogP contribution in [0.1, 0.15) is 18.9 Å². The van der Waals surface area contributed by atoms with Crippen LogP contribution in [-0.4, -0.2) is 16.5 Å². The molecule has 0 saturated carbocycles. The average molecular weight is 357 g/mol. The van der Waals surface area contributed by atoms with E-state index in [4.69, 9.17) is 16.3 Å². The highest BCUT2D eigenvalue weighted by Crippen LogP contribution is 2.23. The summed E-state index contributed by atoms with van der Waals surface area (Å²) in [7, 11) is 0. The third-order valence-electron chi connectivity index (χ3n) is 2.53. The Morgan fingerprint density at radius 2 is 2.05 bits per heavy atom. The van der Waals surface area contributed by atoms with E-state index in [1.807, 2.05) is 24.3 Å². The van der Waals surface area contributed by atoms with Crippen molar-refractivity contribution in [3.63, 3.8) is 0 Å². The summed E-state index contributed by atoms with van der Waals surface area (Å²) >= 11 is 9.43. The highest BCUT2D eigenvalue weighted by Gasteiger charge is 2.07. The third-order valence-corrected chi connectivity index (χ3v) is 3.32. The summed E-state index contributed by atoms with van der Waals surface area (Å²) in [5.41, 5.74) is 1.05. The first-order chi connectivity index (χ1) is 9.69. The van der Waals surface area contributed by atoms with Gasteiger partial charge in [0.1, 0.15) is 11.6 Å². The summed E-state index contributed by atoms with van der Waals surface area (Å²) in [6.45, 7) is 3.30. The van der Waals surface area contributed by atoms with Crippen LogP contribution in [0.15, 0.2) is 34.9 Å². The van der Waals surface area contributed by atoms with Crippen molar-refractivity contribution in [1.82, 2.24) is 9.97 Å². The maximum absolute atomic E-state index is 6.04. The minimum Gasteiger partial charge on any atom is -0.472 e. The lowest BCUT2D eigenvalue weighted by molar-refractivity contribution is 0.294. The molecule has 0 spiro atoms. The second kappa shape index (κ2) is 7.45. The fourth-order valence-corrected chi connectivity index (χ4v) is 1.92. The van der Waals surface area contributed by atoms with E-state index in [-0.39, 0.29) is 0 Å². The highest BCUT2D eigenvalue weighted by molar-refractivity contribution is 9.10. The molecular formula is C14H15BrClN3O. The number of nitrogens with zero attached hydrogens (tertiary/aromatic N) is 2. The monoisotopic (exact) mass is 355 g/mol. The molecule has 0 aliphatic carbocycles. The lowest BCUT2D eigenvalue weighted by Crippen LogP contribution is -2.06. The molecule has 0 amide bonds. The third kappa shape index (κ3) is 4.35. The summed E-state index contributed by atoms with van der Waals surface area (Å²) in [6.07, 6.45) is 2.55. The summed E-state index contributed by atoms with van der Waals surface area (Å²) in [4.78, 5) is 8.36. The zero-order valence-electron chi connectivity index (χ0n) is 11.1. The minimum atomic E-state index is 0.392. The van der Waals surface area contributed by atoms with Crippen molar-refractivity contribution in [3.8, 4) is 5.88 Å². The van der Waals surface area contributed by atoms with Crippen LogP contribution in [0, 0.1) is 0 Å². The van der Waals surface area contributed by atoms with Crippen molar-refractivity contribution in [2.24, 2.45) is 0 Å². The first kappa shape index (κ1) is 15.1. The minimum absolute atomic E-state index is 0.392. The number of aromatic nitrogens is 2. The molecule has 106 valence electrons. The second-order valence-electron chi connectivity index (χ2n) is 4.19. The molecule has 0 bridgehead atoms. The summed E-state index contributed by atoms with van der Waals surface area (Å²) < 4.78 is 6.68. The molecule has 0 atom stereocenters. The second-order valence-corrected chi connectivity index (χ2v) is 5.51. The van der Waals surface area contributed by atoms with Crippen molar-refractivity contribution in [3.05, 3.63) is 45.5 Å². The van der Waals surface area contributed by atoms with Gasteiger partial charge in [0.25, 0.3) is 0 Å².